The van der Waals surface area contributed by atoms with E-state index in [1.165, 1.54) is 0 Å². The number of halogens is 3. The summed E-state index contributed by atoms with van der Waals surface area (Å²) in [5.41, 5.74) is 0. The van der Waals surface area contributed by atoms with E-state index in [9.17, 15) is 25.5 Å². The molecule has 0 amide bonds. The molecule has 0 saturated carbocycles. The molecule has 2 fully saturated rings. The van der Waals surface area contributed by atoms with E-state index in [0.29, 0.717) is 0 Å². The molecule has 2 heterocycles. The SMILES string of the molecule is OCC1OC(OC2(CCl)OC(CCl)C(O)C2O)[C@@H](O)C(O)C1Cl. The Bertz CT molecular complexity index is 403. The second-order valence-corrected chi connectivity index (χ2v) is 6.54. The average molecular weight is 398 g/mol. The maximum atomic E-state index is 10.1. The quantitative estimate of drug-likeness (QED) is 0.349. The van der Waals surface area contributed by atoms with E-state index >= 15 is 0 Å². The summed E-state index contributed by atoms with van der Waals surface area (Å²) in [6.45, 7) is -0.526. The Kier molecular flexibility index (Phi) is 6.77. The summed E-state index contributed by atoms with van der Waals surface area (Å²) in [4.78, 5) is 0. The number of rotatable bonds is 5. The lowest BCUT2D eigenvalue weighted by atomic mass is 10.0. The molecular weight excluding hydrogens is 378 g/mol. The molecule has 11 heteroatoms. The molecule has 0 bridgehead atoms. The largest absolute Gasteiger partial charge is 0.394 e. The zero-order valence-electron chi connectivity index (χ0n) is 11.8. The smallest absolute Gasteiger partial charge is 0.214 e. The molecule has 0 aromatic carbocycles. The van der Waals surface area contributed by atoms with E-state index in [4.69, 9.17) is 49.0 Å². The highest BCUT2D eigenvalue weighted by Crippen LogP contribution is 2.37. The third-order valence-electron chi connectivity index (χ3n) is 3.96. The number of aliphatic hydroxyl groups excluding tert-OH is 5. The molecule has 23 heavy (non-hydrogen) atoms. The summed E-state index contributed by atoms with van der Waals surface area (Å²) >= 11 is 17.3. The van der Waals surface area contributed by atoms with Crippen LogP contribution in [-0.4, -0.2) is 98.0 Å². The van der Waals surface area contributed by atoms with Gasteiger partial charge in [0.15, 0.2) is 6.29 Å². The fourth-order valence-electron chi connectivity index (χ4n) is 2.56. The van der Waals surface area contributed by atoms with Gasteiger partial charge in [-0.1, -0.05) is 0 Å². The predicted octanol–water partition coefficient (Wildman–Crippen LogP) is -1.66. The second kappa shape index (κ2) is 7.84. The molecular formula is C12H19Cl3O8. The van der Waals surface area contributed by atoms with E-state index in [1.807, 2.05) is 0 Å². The van der Waals surface area contributed by atoms with Gasteiger partial charge in [0, 0.05) is 0 Å². The zero-order valence-corrected chi connectivity index (χ0v) is 14.1. The summed E-state index contributed by atoms with van der Waals surface area (Å²) in [7, 11) is 0. The maximum Gasteiger partial charge on any atom is 0.214 e. The van der Waals surface area contributed by atoms with E-state index in [-0.39, 0.29) is 5.88 Å². The van der Waals surface area contributed by atoms with Gasteiger partial charge >= 0.3 is 0 Å². The highest BCUT2D eigenvalue weighted by Gasteiger charge is 2.58. The van der Waals surface area contributed by atoms with E-state index in [0.717, 1.165) is 0 Å². The van der Waals surface area contributed by atoms with Crippen molar-refractivity contribution in [3.8, 4) is 0 Å². The van der Waals surface area contributed by atoms with Crippen molar-refractivity contribution < 1.29 is 39.7 Å². The van der Waals surface area contributed by atoms with Crippen molar-refractivity contribution in [2.75, 3.05) is 18.4 Å². The van der Waals surface area contributed by atoms with E-state index in [2.05, 4.69) is 0 Å². The molecule has 0 aromatic heterocycles. The van der Waals surface area contributed by atoms with Gasteiger partial charge in [-0.25, -0.2) is 0 Å². The Morgan fingerprint density at radius 3 is 2.13 bits per heavy atom. The van der Waals surface area contributed by atoms with Crippen LogP contribution in [0.15, 0.2) is 0 Å². The lowest BCUT2D eigenvalue weighted by molar-refractivity contribution is -0.357. The standard InChI is InChI=1S/C12H19Cl3O8/c13-1-4-7(17)10(20)12(3-14,22-4)23-11-9(19)8(18)6(15)5(2-16)21-11/h4-11,16-20H,1-3H2/t4?,5?,6?,7?,8?,9-,10?,11?,12?/m0/s1. The third-order valence-corrected chi connectivity index (χ3v) is 5.17. The number of alkyl halides is 3. The highest BCUT2D eigenvalue weighted by molar-refractivity contribution is 6.21. The minimum absolute atomic E-state index is 0.125. The molecule has 5 N–H and O–H groups in total. The third kappa shape index (κ3) is 3.58. The van der Waals surface area contributed by atoms with Crippen LogP contribution in [0.5, 0.6) is 0 Å². The fraction of sp³-hybridized carbons (Fsp3) is 1.00. The molecule has 2 aliphatic heterocycles. The molecule has 0 spiro atoms. The van der Waals surface area contributed by atoms with Gasteiger partial charge in [-0.15, -0.1) is 34.8 Å². The maximum absolute atomic E-state index is 10.1. The first-order chi connectivity index (χ1) is 10.8. The van der Waals surface area contributed by atoms with Crippen LogP contribution in [0.1, 0.15) is 0 Å². The summed E-state index contributed by atoms with van der Waals surface area (Å²) in [6, 6.07) is 0. The Balaban J connectivity index is 2.18. The summed E-state index contributed by atoms with van der Waals surface area (Å²) in [5.74, 6) is -2.43. The van der Waals surface area contributed by atoms with Gasteiger partial charge in [0.25, 0.3) is 0 Å². The molecule has 9 atom stereocenters. The molecule has 8 nitrogen and oxygen atoms in total. The van der Waals surface area contributed by atoms with Crippen LogP contribution < -0.4 is 0 Å². The number of hydrogen-bond donors (Lipinski definition) is 5. The first-order valence-electron chi connectivity index (χ1n) is 6.91. The fourth-order valence-corrected chi connectivity index (χ4v) is 3.37. The average Bonchev–Trinajstić information content (AvgIpc) is 2.80. The summed E-state index contributed by atoms with van der Waals surface area (Å²) in [5, 5.41) is 48.1. The van der Waals surface area contributed by atoms with Crippen LogP contribution >= 0.6 is 34.8 Å². The summed E-state index contributed by atoms with van der Waals surface area (Å²) in [6.07, 6.45) is -9.39. The minimum Gasteiger partial charge on any atom is -0.394 e. The minimum atomic E-state index is -1.90. The highest BCUT2D eigenvalue weighted by atomic mass is 35.5. The lowest BCUT2D eigenvalue weighted by Crippen LogP contribution is -2.61. The van der Waals surface area contributed by atoms with Crippen molar-refractivity contribution >= 4 is 34.8 Å². The molecule has 2 aliphatic rings. The summed E-state index contributed by atoms with van der Waals surface area (Å²) < 4.78 is 16.1. The molecule has 0 radical (unpaired) electrons. The second-order valence-electron chi connectivity index (χ2n) is 5.46. The van der Waals surface area contributed by atoms with Gasteiger partial charge in [-0.2, -0.15) is 0 Å². The zero-order chi connectivity index (χ0) is 17.4. The van der Waals surface area contributed by atoms with Crippen molar-refractivity contribution in [2.45, 2.75) is 54.1 Å². The van der Waals surface area contributed by atoms with E-state index < -0.39 is 66.6 Å². The lowest BCUT2D eigenvalue weighted by Gasteiger charge is -2.43. The topological polar surface area (TPSA) is 129 Å². The first kappa shape index (κ1) is 19.9. The Labute approximate surface area is 147 Å². The Morgan fingerprint density at radius 1 is 1.00 bits per heavy atom. The van der Waals surface area contributed by atoms with Crippen LogP contribution in [0.4, 0.5) is 0 Å². The van der Waals surface area contributed by atoms with Gasteiger partial charge in [0.2, 0.25) is 5.79 Å². The van der Waals surface area contributed by atoms with Crippen LogP contribution in [-0.2, 0) is 14.2 Å². The number of hydrogen-bond acceptors (Lipinski definition) is 8. The van der Waals surface area contributed by atoms with Crippen LogP contribution in [0.25, 0.3) is 0 Å². The molecule has 136 valence electrons. The van der Waals surface area contributed by atoms with Crippen molar-refractivity contribution in [3.63, 3.8) is 0 Å². The predicted molar refractivity (Wildman–Crippen MR) is 79.5 cm³/mol. The van der Waals surface area contributed by atoms with Crippen LogP contribution in [0, 0.1) is 0 Å². The van der Waals surface area contributed by atoms with Crippen molar-refractivity contribution in [3.05, 3.63) is 0 Å². The normalized spacial score (nSPS) is 51.1. The Morgan fingerprint density at radius 2 is 1.65 bits per heavy atom. The monoisotopic (exact) mass is 396 g/mol. The van der Waals surface area contributed by atoms with Gasteiger partial charge in [-0.3, -0.25) is 0 Å². The molecule has 2 saturated heterocycles. The molecule has 2 rings (SSSR count). The van der Waals surface area contributed by atoms with Gasteiger partial charge in [0.1, 0.15) is 36.6 Å². The first-order valence-corrected chi connectivity index (χ1v) is 8.42. The number of ether oxygens (including phenoxy) is 3. The molecule has 0 aliphatic carbocycles. The van der Waals surface area contributed by atoms with Crippen molar-refractivity contribution in [2.24, 2.45) is 0 Å². The van der Waals surface area contributed by atoms with Gasteiger partial charge in [0.05, 0.1) is 23.7 Å². The molecule has 8 unspecified atom stereocenters. The van der Waals surface area contributed by atoms with Gasteiger partial charge in [-0.05, 0) is 0 Å². The van der Waals surface area contributed by atoms with Crippen LogP contribution in [0.2, 0.25) is 0 Å². The van der Waals surface area contributed by atoms with Crippen molar-refractivity contribution in [1.29, 1.82) is 0 Å². The van der Waals surface area contributed by atoms with Crippen molar-refractivity contribution in [1.82, 2.24) is 0 Å². The Hall–Kier alpha value is 0.550. The van der Waals surface area contributed by atoms with Crippen LogP contribution in [0.3, 0.4) is 0 Å². The van der Waals surface area contributed by atoms with E-state index in [1.54, 1.807) is 0 Å². The number of aliphatic hydroxyl groups is 5. The molecule has 0 aromatic rings. The van der Waals surface area contributed by atoms with Gasteiger partial charge < -0.3 is 39.7 Å².